The lowest BCUT2D eigenvalue weighted by molar-refractivity contribution is -0.115. The first-order valence-corrected chi connectivity index (χ1v) is 7.24. The topological polar surface area (TPSA) is 17.1 Å². The largest absolute Gasteiger partial charge is 0.303 e. The minimum Gasteiger partial charge on any atom is -0.303 e. The van der Waals surface area contributed by atoms with E-state index in [0.717, 1.165) is 19.3 Å². The van der Waals surface area contributed by atoms with Crippen LogP contribution in [0.5, 0.6) is 0 Å². The Kier molecular flexibility index (Phi) is 5.84. The van der Waals surface area contributed by atoms with Crippen molar-refractivity contribution < 1.29 is 4.79 Å². The van der Waals surface area contributed by atoms with Gasteiger partial charge >= 0.3 is 0 Å². The Balaban J connectivity index is 2.84. The van der Waals surface area contributed by atoms with E-state index >= 15 is 0 Å². The summed E-state index contributed by atoms with van der Waals surface area (Å²) in [5, 5.41) is 0. The minimum absolute atomic E-state index is 0.210. The molecule has 102 valence electrons. The van der Waals surface area contributed by atoms with Crippen molar-refractivity contribution in [2.45, 2.75) is 47.0 Å². The molecule has 0 amide bonds. The Morgan fingerprint density at radius 1 is 1.44 bits per heavy atom. The normalized spacial score (nSPS) is 29.8. The van der Waals surface area contributed by atoms with Gasteiger partial charge < -0.3 is 4.79 Å². The highest BCUT2D eigenvalue weighted by Gasteiger charge is 2.35. The van der Waals surface area contributed by atoms with Crippen molar-refractivity contribution in [3.8, 4) is 0 Å². The van der Waals surface area contributed by atoms with Gasteiger partial charge in [0.2, 0.25) is 0 Å². The molecule has 0 spiro atoms. The first-order valence-electron chi connectivity index (χ1n) is 7.24. The molecule has 0 bridgehead atoms. The van der Waals surface area contributed by atoms with Gasteiger partial charge in [0.15, 0.2) is 0 Å². The Morgan fingerprint density at radius 3 is 2.61 bits per heavy atom. The molecular weight excluding hydrogens is 220 g/mol. The summed E-state index contributed by atoms with van der Waals surface area (Å²) in [6, 6.07) is 0. The standard InChI is InChI=1S/C17H28O/c1-6-7-13(4)10-16-14(5)8-9-15(12(2)3)17(16)11-18/h6,8,11-13,15-17H,1,7,9-10H2,2-5H3/t13?,15-,16+,17-/m1/s1. The molecule has 0 radical (unpaired) electrons. The number of hydrogen-bond acceptors (Lipinski definition) is 1. The molecule has 0 fully saturated rings. The van der Waals surface area contributed by atoms with E-state index in [1.165, 1.54) is 11.9 Å². The summed E-state index contributed by atoms with van der Waals surface area (Å²) in [6.07, 6.45) is 8.78. The van der Waals surface area contributed by atoms with Crippen LogP contribution in [0.2, 0.25) is 0 Å². The third kappa shape index (κ3) is 3.57. The average molecular weight is 248 g/mol. The molecule has 1 heteroatoms. The summed E-state index contributed by atoms with van der Waals surface area (Å²) < 4.78 is 0. The van der Waals surface area contributed by atoms with Gasteiger partial charge in [0, 0.05) is 5.92 Å². The third-order valence-corrected chi connectivity index (χ3v) is 4.49. The molecule has 1 nitrogen and oxygen atoms in total. The molecule has 18 heavy (non-hydrogen) atoms. The quantitative estimate of drug-likeness (QED) is 0.494. The van der Waals surface area contributed by atoms with Crippen LogP contribution in [-0.2, 0) is 4.79 Å². The molecule has 1 unspecified atom stereocenters. The van der Waals surface area contributed by atoms with Gasteiger partial charge in [-0.15, -0.1) is 6.58 Å². The maximum Gasteiger partial charge on any atom is 0.123 e. The van der Waals surface area contributed by atoms with E-state index in [2.05, 4.69) is 40.3 Å². The molecule has 4 atom stereocenters. The second-order valence-electron chi connectivity index (χ2n) is 6.28. The fourth-order valence-electron chi connectivity index (χ4n) is 3.30. The van der Waals surface area contributed by atoms with E-state index in [1.807, 2.05) is 6.08 Å². The number of rotatable bonds is 6. The summed E-state index contributed by atoms with van der Waals surface area (Å²) >= 11 is 0. The van der Waals surface area contributed by atoms with Crippen molar-refractivity contribution in [1.29, 1.82) is 0 Å². The Labute approximate surface area is 112 Å². The monoisotopic (exact) mass is 248 g/mol. The van der Waals surface area contributed by atoms with Crippen LogP contribution < -0.4 is 0 Å². The van der Waals surface area contributed by atoms with Crippen LogP contribution in [0.3, 0.4) is 0 Å². The second-order valence-corrected chi connectivity index (χ2v) is 6.28. The van der Waals surface area contributed by atoms with Gasteiger partial charge in [-0.3, -0.25) is 0 Å². The van der Waals surface area contributed by atoms with Crippen LogP contribution in [0.4, 0.5) is 0 Å². The van der Waals surface area contributed by atoms with Gasteiger partial charge in [-0.1, -0.05) is 38.5 Å². The number of hydrogen-bond donors (Lipinski definition) is 0. The lowest BCUT2D eigenvalue weighted by Crippen LogP contribution is -2.33. The van der Waals surface area contributed by atoms with Crippen LogP contribution in [0.15, 0.2) is 24.3 Å². The highest BCUT2D eigenvalue weighted by atomic mass is 16.1. The van der Waals surface area contributed by atoms with E-state index < -0.39 is 0 Å². The van der Waals surface area contributed by atoms with Crippen molar-refractivity contribution in [3.05, 3.63) is 24.3 Å². The van der Waals surface area contributed by atoms with Crippen LogP contribution in [0.1, 0.15) is 47.0 Å². The highest BCUT2D eigenvalue weighted by Crippen LogP contribution is 2.41. The van der Waals surface area contributed by atoms with Crippen molar-refractivity contribution in [3.63, 3.8) is 0 Å². The fourth-order valence-corrected chi connectivity index (χ4v) is 3.30. The maximum absolute atomic E-state index is 11.5. The first kappa shape index (κ1) is 15.2. The van der Waals surface area contributed by atoms with Gasteiger partial charge in [-0.05, 0) is 49.9 Å². The highest BCUT2D eigenvalue weighted by molar-refractivity contribution is 5.56. The van der Waals surface area contributed by atoms with Gasteiger partial charge in [0.1, 0.15) is 6.29 Å². The lowest BCUT2D eigenvalue weighted by atomic mass is 9.66. The molecule has 0 aromatic heterocycles. The molecule has 0 N–H and O–H groups in total. The molecule has 1 aliphatic rings. The third-order valence-electron chi connectivity index (χ3n) is 4.49. The number of carbonyl (C=O) groups excluding carboxylic acids is 1. The van der Waals surface area contributed by atoms with E-state index in [0.29, 0.717) is 23.7 Å². The van der Waals surface area contributed by atoms with Crippen LogP contribution in [0, 0.1) is 29.6 Å². The summed E-state index contributed by atoms with van der Waals surface area (Å²) in [5.41, 5.74) is 1.42. The lowest BCUT2D eigenvalue weighted by Gasteiger charge is -2.37. The second kappa shape index (κ2) is 6.92. The van der Waals surface area contributed by atoms with Crippen LogP contribution in [0.25, 0.3) is 0 Å². The van der Waals surface area contributed by atoms with E-state index in [1.54, 1.807) is 0 Å². The van der Waals surface area contributed by atoms with Gasteiger partial charge in [0.25, 0.3) is 0 Å². The smallest absolute Gasteiger partial charge is 0.123 e. The fraction of sp³-hybridized carbons (Fsp3) is 0.706. The summed E-state index contributed by atoms with van der Waals surface area (Å²) in [4.78, 5) is 11.5. The molecule has 1 aliphatic carbocycles. The molecule has 0 aromatic carbocycles. The van der Waals surface area contributed by atoms with Crippen molar-refractivity contribution in [2.24, 2.45) is 29.6 Å². The van der Waals surface area contributed by atoms with E-state index in [9.17, 15) is 4.79 Å². The van der Waals surface area contributed by atoms with Crippen molar-refractivity contribution in [1.82, 2.24) is 0 Å². The number of aldehydes is 1. The molecular formula is C17H28O. The molecule has 0 saturated carbocycles. The van der Waals surface area contributed by atoms with Crippen molar-refractivity contribution >= 4 is 6.29 Å². The van der Waals surface area contributed by atoms with Gasteiger partial charge in [-0.25, -0.2) is 0 Å². The molecule has 0 aromatic rings. The minimum atomic E-state index is 0.210. The van der Waals surface area contributed by atoms with Crippen LogP contribution in [-0.4, -0.2) is 6.29 Å². The predicted octanol–water partition coefficient (Wildman–Crippen LogP) is 4.64. The zero-order valence-electron chi connectivity index (χ0n) is 12.4. The van der Waals surface area contributed by atoms with E-state index in [4.69, 9.17) is 0 Å². The van der Waals surface area contributed by atoms with Gasteiger partial charge in [0.05, 0.1) is 0 Å². The first-order chi connectivity index (χ1) is 8.51. The average Bonchev–Trinajstić information content (AvgIpc) is 2.31. The number of carbonyl (C=O) groups is 1. The zero-order chi connectivity index (χ0) is 13.7. The summed E-state index contributed by atoms with van der Waals surface area (Å²) in [7, 11) is 0. The van der Waals surface area contributed by atoms with Gasteiger partial charge in [-0.2, -0.15) is 0 Å². The maximum atomic E-state index is 11.5. The number of allylic oxidation sites excluding steroid dienone is 3. The summed E-state index contributed by atoms with van der Waals surface area (Å²) in [5.74, 6) is 2.37. The molecule has 1 rings (SSSR count). The Morgan fingerprint density at radius 2 is 2.11 bits per heavy atom. The molecule has 0 saturated heterocycles. The molecule has 0 aliphatic heterocycles. The summed E-state index contributed by atoms with van der Waals surface area (Å²) in [6.45, 7) is 12.7. The Bertz CT molecular complexity index is 314. The van der Waals surface area contributed by atoms with Crippen LogP contribution >= 0.6 is 0 Å². The zero-order valence-corrected chi connectivity index (χ0v) is 12.4. The Hall–Kier alpha value is -0.850. The SMILES string of the molecule is C=CCC(C)C[C@H]1C(C)=CC[C@H](C(C)C)[C@H]1C=O. The van der Waals surface area contributed by atoms with E-state index in [-0.39, 0.29) is 5.92 Å². The molecule has 0 heterocycles. The predicted molar refractivity (Wildman–Crippen MR) is 78.3 cm³/mol. The van der Waals surface area contributed by atoms with Crippen molar-refractivity contribution in [2.75, 3.05) is 0 Å².